The molecule has 0 saturated carbocycles. The molecule has 0 aromatic heterocycles. The zero-order chi connectivity index (χ0) is 18.0. The van der Waals surface area contributed by atoms with Gasteiger partial charge >= 0.3 is 5.97 Å². The third-order valence-electron chi connectivity index (χ3n) is 3.42. The van der Waals surface area contributed by atoms with Crippen molar-refractivity contribution in [1.29, 1.82) is 0 Å². The number of hydrogen-bond acceptors (Lipinski definition) is 3. The Morgan fingerprint density at radius 1 is 1.08 bits per heavy atom. The maximum absolute atomic E-state index is 11.1. The molecule has 0 rings (SSSR count). The predicted octanol–water partition coefficient (Wildman–Crippen LogP) is 4.23. The lowest BCUT2D eigenvalue weighted by atomic mass is 10.1. The van der Waals surface area contributed by atoms with Crippen molar-refractivity contribution in [3.05, 3.63) is 24.8 Å². The van der Waals surface area contributed by atoms with Gasteiger partial charge in [0.2, 0.25) is 0 Å². The van der Waals surface area contributed by atoms with Gasteiger partial charge in [0.1, 0.15) is 5.78 Å². The molecular weight excluding hydrogens is 300 g/mol. The largest absolute Gasteiger partial charge is 0.469 e. The van der Waals surface area contributed by atoms with E-state index in [0.717, 1.165) is 32.1 Å². The van der Waals surface area contributed by atoms with Crippen LogP contribution in [0.25, 0.3) is 0 Å². The van der Waals surface area contributed by atoms with E-state index < -0.39 is 5.92 Å². The van der Waals surface area contributed by atoms with Gasteiger partial charge in [0.05, 0.1) is 13.0 Å². The Morgan fingerprint density at radius 3 is 2.46 bits per heavy atom. The lowest BCUT2D eigenvalue weighted by Crippen LogP contribution is -2.03. The van der Waals surface area contributed by atoms with Gasteiger partial charge in [-0.2, -0.15) is 0 Å². The Kier molecular flexibility index (Phi) is 14.2. The SMILES string of the molecule is C=CC(C#CC#CCC=CCCCCCCCC(=O)OC)C(C)=O. The molecule has 0 bridgehead atoms. The zero-order valence-corrected chi connectivity index (χ0v) is 14.9. The van der Waals surface area contributed by atoms with E-state index in [1.54, 1.807) is 0 Å². The highest BCUT2D eigenvalue weighted by Gasteiger charge is 2.03. The number of esters is 1. The molecule has 24 heavy (non-hydrogen) atoms. The van der Waals surface area contributed by atoms with Crippen molar-refractivity contribution in [1.82, 2.24) is 0 Å². The molecule has 3 heteroatoms. The fourth-order valence-electron chi connectivity index (χ4n) is 1.96. The van der Waals surface area contributed by atoms with E-state index in [1.165, 1.54) is 26.5 Å². The van der Waals surface area contributed by atoms with E-state index in [1.807, 2.05) is 6.08 Å². The Hall–Kier alpha value is -2.26. The number of rotatable bonds is 11. The number of methoxy groups -OCH3 is 1. The summed E-state index contributed by atoms with van der Waals surface area (Å²) >= 11 is 0. The minimum Gasteiger partial charge on any atom is -0.469 e. The summed E-state index contributed by atoms with van der Waals surface area (Å²) in [7, 11) is 1.43. The number of carbonyl (C=O) groups excluding carboxylic acids is 2. The highest BCUT2D eigenvalue weighted by molar-refractivity contribution is 5.83. The number of unbranched alkanes of at least 4 members (excludes halogenated alkanes) is 5. The zero-order valence-electron chi connectivity index (χ0n) is 14.9. The fraction of sp³-hybridized carbons (Fsp3) is 0.524. The van der Waals surface area contributed by atoms with Crippen LogP contribution in [0, 0.1) is 29.6 Å². The fourth-order valence-corrected chi connectivity index (χ4v) is 1.96. The van der Waals surface area contributed by atoms with Crippen LogP contribution in [0.2, 0.25) is 0 Å². The monoisotopic (exact) mass is 328 g/mol. The molecule has 0 saturated heterocycles. The summed E-state index contributed by atoms with van der Waals surface area (Å²) in [5.74, 6) is 10.6. The number of Topliss-reactive ketones (excluding diaryl/α,β-unsaturated/α-hetero) is 1. The molecule has 130 valence electrons. The van der Waals surface area contributed by atoms with Gasteiger partial charge in [-0.05, 0) is 38.0 Å². The number of allylic oxidation sites excluding steroid dienone is 3. The van der Waals surface area contributed by atoms with Gasteiger partial charge in [0, 0.05) is 12.8 Å². The van der Waals surface area contributed by atoms with Crippen LogP contribution in [0.15, 0.2) is 24.8 Å². The number of ketones is 1. The number of ether oxygens (including phenoxy) is 1. The van der Waals surface area contributed by atoms with E-state index in [9.17, 15) is 9.59 Å². The quantitative estimate of drug-likeness (QED) is 0.247. The Bertz CT molecular complexity index is 535. The maximum atomic E-state index is 11.1. The van der Waals surface area contributed by atoms with Crippen LogP contribution in [0.4, 0.5) is 0 Å². The first-order valence-corrected chi connectivity index (χ1v) is 8.45. The summed E-state index contributed by atoms with van der Waals surface area (Å²) in [4.78, 5) is 22.0. The topological polar surface area (TPSA) is 43.4 Å². The molecule has 0 heterocycles. The van der Waals surface area contributed by atoms with Crippen LogP contribution in [0.1, 0.15) is 58.3 Å². The van der Waals surface area contributed by atoms with Gasteiger partial charge in [0.15, 0.2) is 0 Å². The Balaban J connectivity index is 3.63. The molecular formula is C21H28O3. The second-order valence-corrected chi connectivity index (χ2v) is 5.45. The maximum Gasteiger partial charge on any atom is 0.305 e. The van der Waals surface area contributed by atoms with Crippen LogP contribution >= 0.6 is 0 Å². The third kappa shape index (κ3) is 13.4. The molecule has 0 radical (unpaired) electrons. The minimum absolute atomic E-state index is 0.00973. The molecule has 0 aliphatic carbocycles. The first kappa shape index (κ1) is 21.7. The van der Waals surface area contributed by atoms with E-state index in [4.69, 9.17) is 0 Å². The molecule has 0 aromatic rings. The van der Waals surface area contributed by atoms with E-state index in [-0.39, 0.29) is 11.8 Å². The highest BCUT2D eigenvalue weighted by Crippen LogP contribution is 2.08. The first-order valence-electron chi connectivity index (χ1n) is 8.45. The van der Waals surface area contributed by atoms with Crippen LogP contribution in [-0.4, -0.2) is 18.9 Å². The standard InChI is InChI=1S/C21H28O3/c1-4-20(19(2)22)17-15-13-11-9-7-5-6-8-10-12-14-16-18-21(23)24-3/h4-5,7,20H,1,6,8-10,12,14,16,18H2,2-3H3. The van der Waals surface area contributed by atoms with Gasteiger partial charge < -0.3 is 4.74 Å². The highest BCUT2D eigenvalue weighted by atomic mass is 16.5. The molecule has 3 nitrogen and oxygen atoms in total. The van der Waals surface area contributed by atoms with Crippen LogP contribution in [0.3, 0.4) is 0 Å². The second-order valence-electron chi connectivity index (χ2n) is 5.45. The van der Waals surface area contributed by atoms with E-state index >= 15 is 0 Å². The van der Waals surface area contributed by atoms with Gasteiger partial charge in [-0.15, -0.1) is 6.58 Å². The first-order chi connectivity index (χ1) is 11.6. The van der Waals surface area contributed by atoms with Crippen molar-refractivity contribution in [2.24, 2.45) is 5.92 Å². The summed E-state index contributed by atoms with van der Waals surface area (Å²) in [6, 6.07) is 0. The number of carbonyl (C=O) groups is 2. The molecule has 1 atom stereocenters. The lowest BCUT2D eigenvalue weighted by molar-refractivity contribution is -0.140. The average molecular weight is 328 g/mol. The molecule has 0 aromatic carbocycles. The van der Waals surface area contributed by atoms with E-state index in [0.29, 0.717) is 12.8 Å². The van der Waals surface area contributed by atoms with E-state index in [2.05, 4.69) is 41.1 Å². The van der Waals surface area contributed by atoms with Gasteiger partial charge in [-0.3, -0.25) is 9.59 Å². The molecule has 0 aliphatic rings. The summed E-state index contributed by atoms with van der Waals surface area (Å²) in [5, 5.41) is 0. The minimum atomic E-state index is -0.414. The normalized spacial score (nSPS) is 10.9. The van der Waals surface area contributed by atoms with Crippen molar-refractivity contribution in [3.63, 3.8) is 0 Å². The molecule has 0 N–H and O–H groups in total. The second kappa shape index (κ2) is 15.6. The van der Waals surface area contributed by atoms with Crippen molar-refractivity contribution in [2.45, 2.75) is 58.3 Å². The Labute approximate surface area is 146 Å². The molecule has 0 aliphatic heterocycles. The molecule has 1 unspecified atom stereocenters. The third-order valence-corrected chi connectivity index (χ3v) is 3.42. The summed E-state index contributed by atoms with van der Waals surface area (Å²) in [6.45, 7) is 5.07. The van der Waals surface area contributed by atoms with Crippen molar-refractivity contribution in [2.75, 3.05) is 7.11 Å². The van der Waals surface area contributed by atoms with Crippen molar-refractivity contribution in [3.8, 4) is 23.7 Å². The predicted molar refractivity (Wildman–Crippen MR) is 98.0 cm³/mol. The van der Waals surface area contributed by atoms with Crippen LogP contribution < -0.4 is 0 Å². The Morgan fingerprint density at radius 2 is 1.79 bits per heavy atom. The summed E-state index contributed by atoms with van der Waals surface area (Å²) in [5.41, 5.74) is 0. The van der Waals surface area contributed by atoms with Crippen molar-refractivity contribution >= 4 is 11.8 Å². The van der Waals surface area contributed by atoms with Crippen LogP contribution in [0.5, 0.6) is 0 Å². The summed E-state index contributed by atoms with van der Waals surface area (Å²) < 4.78 is 4.60. The van der Waals surface area contributed by atoms with Gasteiger partial charge in [0.25, 0.3) is 0 Å². The lowest BCUT2D eigenvalue weighted by Gasteiger charge is -1.99. The smallest absolute Gasteiger partial charge is 0.305 e. The average Bonchev–Trinajstić information content (AvgIpc) is 2.57. The van der Waals surface area contributed by atoms with Gasteiger partial charge in [-0.25, -0.2) is 0 Å². The van der Waals surface area contributed by atoms with Crippen molar-refractivity contribution < 1.29 is 14.3 Å². The summed E-state index contributed by atoms with van der Waals surface area (Å²) in [6.07, 6.45) is 13.4. The molecule has 0 fully saturated rings. The number of hydrogen-bond donors (Lipinski definition) is 0. The van der Waals surface area contributed by atoms with Gasteiger partial charge in [-0.1, -0.05) is 49.3 Å². The molecule has 0 amide bonds. The van der Waals surface area contributed by atoms with Crippen LogP contribution in [-0.2, 0) is 14.3 Å². The molecule has 0 spiro atoms.